The number of benzene rings is 1. The van der Waals surface area contributed by atoms with Crippen LogP contribution >= 0.6 is 23.1 Å². The number of aryl methyl sites for hydroxylation is 2. The smallest absolute Gasteiger partial charge is 0.300 e. The van der Waals surface area contributed by atoms with Crippen LogP contribution in [0.25, 0.3) is 5.78 Å². The summed E-state index contributed by atoms with van der Waals surface area (Å²) in [6.45, 7) is 3.30. The maximum atomic E-state index is 12.9. The Bertz CT molecular complexity index is 1290. The molecular weight excluding hydrogens is 475 g/mol. The molecule has 0 aliphatic rings. The topological polar surface area (TPSA) is 98.0 Å². The maximum Gasteiger partial charge on any atom is 0.453 e. The highest BCUT2D eigenvalue weighted by atomic mass is 32.2. The summed E-state index contributed by atoms with van der Waals surface area (Å²) in [5, 5.41) is 14.7. The summed E-state index contributed by atoms with van der Waals surface area (Å²) < 4.78 is 40.6. The molecule has 1 N–H and O–H groups in total. The third-order valence-corrected chi connectivity index (χ3v) is 6.81. The van der Waals surface area contributed by atoms with Crippen molar-refractivity contribution in [2.75, 3.05) is 5.32 Å². The Hall–Kier alpha value is -3.06. The van der Waals surface area contributed by atoms with Gasteiger partial charge in [-0.15, -0.1) is 15.3 Å². The van der Waals surface area contributed by atoms with E-state index in [1.54, 1.807) is 13.8 Å². The Labute approximate surface area is 194 Å². The monoisotopic (exact) mass is 493 g/mol. The number of rotatable bonds is 7. The van der Waals surface area contributed by atoms with Crippen molar-refractivity contribution in [3.63, 3.8) is 0 Å². The first kappa shape index (κ1) is 23.1. The average molecular weight is 494 g/mol. The second-order valence-electron chi connectivity index (χ2n) is 7.10. The van der Waals surface area contributed by atoms with Gasteiger partial charge in [-0.25, -0.2) is 9.50 Å². The van der Waals surface area contributed by atoms with Gasteiger partial charge < -0.3 is 5.32 Å². The molecule has 13 heteroatoms. The Balaban J connectivity index is 1.37. The van der Waals surface area contributed by atoms with Crippen LogP contribution < -0.4 is 5.32 Å². The molecular formula is C20H18F3N7OS2. The average Bonchev–Trinajstić information content (AvgIpc) is 3.40. The molecule has 8 nitrogen and oxygen atoms in total. The molecule has 0 aliphatic carbocycles. The van der Waals surface area contributed by atoms with Gasteiger partial charge >= 0.3 is 6.18 Å². The molecule has 0 saturated carbocycles. The fourth-order valence-corrected chi connectivity index (χ4v) is 4.87. The molecule has 0 saturated heterocycles. The lowest BCUT2D eigenvalue weighted by molar-refractivity contribution is -0.144. The minimum atomic E-state index is -4.66. The highest BCUT2D eigenvalue weighted by Crippen LogP contribution is 2.29. The zero-order chi connectivity index (χ0) is 23.6. The Morgan fingerprint density at radius 3 is 2.64 bits per heavy atom. The van der Waals surface area contributed by atoms with E-state index in [1.807, 2.05) is 30.3 Å². The van der Waals surface area contributed by atoms with Crippen LogP contribution in [0.3, 0.4) is 0 Å². The number of carbonyl (C=O) groups excluding carboxylic acids is 1. The van der Waals surface area contributed by atoms with Crippen LogP contribution in [0.4, 0.5) is 18.3 Å². The van der Waals surface area contributed by atoms with E-state index in [0.29, 0.717) is 22.1 Å². The molecule has 0 radical (unpaired) electrons. The van der Waals surface area contributed by atoms with Crippen molar-refractivity contribution >= 4 is 39.9 Å². The van der Waals surface area contributed by atoms with E-state index >= 15 is 0 Å². The van der Waals surface area contributed by atoms with Gasteiger partial charge in [-0.2, -0.15) is 18.2 Å². The summed E-state index contributed by atoms with van der Waals surface area (Å²) in [6.07, 6.45) is -4.28. The van der Waals surface area contributed by atoms with E-state index in [2.05, 4.69) is 30.6 Å². The van der Waals surface area contributed by atoms with Gasteiger partial charge in [-0.1, -0.05) is 53.4 Å². The quantitative estimate of drug-likeness (QED) is 0.300. The molecule has 172 valence electrons. The maximum absolute atomic E-state index is 12.9. The number of halogens is 3. The molecule has 0 atom stereocenters. The van der Waals surface area contributed by atoms with Gasteiger partial charge in [-0.3, -0.25) is 4.79 Å². The van der Waals surface area contributed by atoms with Crippen molar-refractivity contribution in [2.45, 2.75) is 43.0 Å². The largest absolute Gasteiger partial charge is 0.453 e. The van der Waals surface area contributed by atoms with Gasteiger partial charge in [0, 0.05) is 23.6 Å². The fourth-order valence-electron chi connectivity index (χ4n) is 3.15. The standard InChI is InChI=1S/C20H18F3N7OS2/c1-11-14(12(2)30-17(24-11)26-16(29-30)20(21,22)23)8-9-15(31)25-18-27-28-19(33-18)32-10-13-6-4-3-5-7-13/h3-7H,8-10H2,1-2H3,(H,25,27,31). The first-order valence-electron chi connectivity index (χ1n) is 9.81. The first-order chi connectivity index (χ1) is 15.7. The summed E-state index contributed by atoms with van der Waals surface area (Å²) in [4.78, 5) is 20.0. The second-order valence-corrected chi connectivity index (χ2v) is 9.30. The molecule has 4 rings (SSSR count). The summed E-state index contributed by atoms with van der Waals surface area (Å²) in [5.74, 6) is -0.903. The molecule has 4 aromatic rings. The Morgan fingerprint density at radius 2 is 1.91 bits per heavy atom. The highest BCUT2D eigenvalue weighted by Gasteiger charge is 2.37. The number of alkyl halides is 3. The predicted octanol–water partition coefficient (Wildman–Crippen LogP) is 4.48. The van der Waals surface area contributed by atoms with Gasteiger partial charge in [-0.05, 0) is 31.4 Å². The predicted molar refractivity (Wildman–Crippen MR) is 118 cm³/mol. The van der Waals surface area contributed by atoms with Gasteiger partial charge in [0.15, 0.2) is 4.34 Å². The van der Waals surface area contributed by atoms with Crippen molar-refractivity contribution in [1.29, 1.82) is 0 Å². The van der Waals surface area contributed by atoms with Crippen LogP contribution in [0, 0.1) is 13.8 Å². The number of aromatic nitrogens is 6. The molecule has 1 aromatic carbocycles. The Morgan fingerprint density at radius 1 is 1.15 bits per heavy atom. The van der Waals surface area contributed by atoms with E-state index in [0.717, 1.165) is 20.2 Å². The van der Waals surface area contributed by atoms with Gasteiger partial charge in [0.25, 0.3) is 11.6 Å². The van der Waals surface area contributed by atoms with Gasteiger partial charge in [0.2, 0.25) is 11.0 Å². The number of hydrogen-bond acceptors (Lipinski definition) is 8. The van der Waals surface area contributed by atoms with E-state index < -0.39 is 12.0 Å². The van der Waals surface area contributed by atoms with E-state index in [-0.39, 0.29) is 24.5 Å². The summed E-state index contributed by atoms with van der Waals surface area (Å²) in [6, 6.07) is 9.94. The number of carbonyl (C=O) groups is 1. The lowest BCUT2D eigenvalue weighted by Gasteiger charge is -2.09. The number of fused-ring (bicyclic) bond motifs is 1. The number of amides is 1. The zero-order valence-electron chi connectivity index (χ0n) is 17.5. The Kier molecular flexibility index (Phi) is 6.61. The fraction of sp³-hybridized carbons (Fsp3) is 0.300. The number of nitrogens with one attached hydrogen (secondary N) is 1. The number of nitrogens with zero attached hydrogens (tertiary/aromatic N) is 6. The molecule has 0 aliphatic heterocycles. The summed E-state index contributed by atoms with van der Waals surface area (Å²) in [7, 11) is 0. The van der Waals surface area contributed by atoms with Crippen molar-refractivity contribution in [3.05, 3.63) is 58.7 Å². The normalized spacial score (nSPS) is 11.8. The third kappa shape index (κ3) is 5.47. The van der Waals surface area contributed by atoms with Crippen molar-refractivity contribution in [3.8, 4) is 0 Å². The highest BCUT2D eigenvalue weighted by molar-refractivity contribution is 8.00. The zero-order valence-corrected chi connectivity index (χ0v) is 19.2. The van der Waals surface area contributed by atoms with Crippen LogP contribution in [-0.2, 0) is 23.1 Å². The molecule has 0 bridgehead atoms. The summed E-state index contributed by atoms with van der Waals surface area (Å²) in [5.41, 5.74) is 2.77. The molecule has 1 amide bonds. The molecule has 0 spiro atoms. The number of thioether (sulfide) groups is 1. The second kappa shape index (κ2) is 9.43. The van der Waals surface area contributed by atoms with Gasteiger partial charge in [0.1, 0.15) is 0 Å². The van der Waals surface area contributed by atoms with Crippen molar-refractivity contribution < 1.29 is 18.0 Å². The van der Waals surface area contributed by atoms with Crippen molar-refractivity contribution in [1.82, 2.24) is 29.8 Å². The SMILES string of the molecule is Cc1nc2nc(C(F)(F)F)nn2c(C)c1CCC(=O)Nc1nnc(SCc2ccccc2)s1. The van der Waals surface area contributed by atoms with E-state index in [4.69, 9.17) is 0 Å². The minimum absolute atomic E-state index is 0.0990. The van der Waals surface area contributed by atoms with E-state index in [1.165, 1.54) is 23.1 Å². The minimum Gasteiger partial charge on any atom is -0.300 e. The van der Waals surface area contributed by atoms with Crippen LogP contribution in [-0.4, -0.2) is 35.7 Å². The van der Waals surface area contributed by atoms with Crippen molar-refractivity contribution in [2.24, 2.45) is 0 Å². The third-order valence-electron chi connectivity index (χ3n) is 4.76. The number of anilines is 1. The van der Waals surface area contributed by atoms with Crippen LogP contribution in [0.1, 0.15) is 34.8 Å². The van der Waals surface area contributed by atoms with Crippen LogP contribution in [0.15, 0.2) is 34.7 Å². The lowest BCUT2D eigenvalue weighted by Crippen LogP contribution is -2.14. The first-order valence-corrected chi connectivity index (χ1v) is 11.6. The molecule has 33 heavy (non-hydrogen) atoms. The van der Waals surface area contributed by atoms with E-state index in [9.17, 15) is 18.0 Å². The summed E-state index contributed by atoms with van der Waals surface area (Å²) >= 11 is 2.81. The number of hydrogen-bond donors (Lipinski definition) is 1. The lowest BCUT2D eigenvalue weighted by atomic mass is 10.1. The molecule has 3 aromatic heterocycles. The molecule has 0 fully saturated rings. The molecule has 3 heterocycles. The van der Waals surface area contributed by atoms with Gasteiger partial charge in [0.05, 0.1) is 0 Å². The van der Waals surface area contributed by atoms with Crippen LogP contribution in [0.5, 0.6) is 0 Å². The van der Waals surface area contributed by atoms with Crippen LogP contribution in [0.2, 0.25) is 0 Å². The molecule has 0 unspecified atom stereocenters.